The van der Waals surface area contributed by atoms with Gasteiger partial charge >= 0.3 is 0 Å². The number of halogens is 1. The molecule has 0 aromatic heterocycles. The van der Waals surface area contributed by atoms with E-state index in [4.69, 9.17) is 32.5 Å². The molecule has 6 heteroatoms. The molecule has 0 amide bonds. The summed E-state index contributed by atoms with van der Waals surface area (Å²) >= 11 is 6.17. The summed E-state index contributed by atoms with van der Waals surface area (Å²) in [5, 5.41) is 0.292. The molecule has 2 aromatic carbocycles. The van der Waals surface area contributed by atoms with Gasteiger partial charge in [-0.1, -0.05) is 11.6 Å². The first kappa shape index (κ1) is 13.6. The van der Waals surface area contributed by atoms with E-state index in [-0.39, 0.29) is 5.78 Å². The molecule has 0 fully saturated rings. The van der Waals surface area contributed by atoms with E-state index in [2.05, 4.69) is 0 Å². The molecular weight excluding hydrogens is 292 g/mol. The van der Waals surface area contributed by atoms with Crippen LogP contribution in [0.5, 0.6) is 11.5 Å². The number of carbonyl (C=O) groups is 1. The van der Waals surface area contributed by atoms with Gasteiger partial charge in [-0.2, -0.15) is 0 Å². The van der Waals surface area contributed by atoms with Crippen molar-refractivity contribution < 1.29 is 14.3 Å². The number of carbonyl (C=O) groups excluding carboxylic acids is 1. The monoisotopic (exact) mass is 304 g/mol. The first-order valence-corrected chi connectivity index (χ1v) is 6.73. The van der Waals surface area contributed by atoms with Crippen LogP contribution in [-0.2, 0) is 0 Å². The van der Waals surface area contributed by atoms with E-state index in [0.29, 0.717) is 52.2 Å². The van der Waals surface area contributed by atoms with Crippen LogP contribution in [0.1, 0.15) is 15.9 Å². The first-order valence-electron chi connectivity index (χ1n) is 6.35. The lowest BCUT2D eigenvalue weighted by molar-refractivity contribution is 0.103. The highest BCUT2D eigenvalue weighted by molar-refractivity contribution is 6.35. The fourth-order valence-corrected chi connectivity index (χ4v) is 2.41. The Bertz CT molecular complexity index is 731. The molecule has 0 bridgehead atoms. The van der Waals surface area contributed by atoms with E-state index in [1.54, 1.807) is 30.3 Å². The van der Waals surface area contributed by atoms with Crippen molar-refractivity contribution in [2.75, 3.05) is 24.7 Å². The molecule has 0 saturated heterocycles. The van der Waals surface area contributed by atoms with Gasteiger partial charge in [-0.05, 0) is 24.3 Å². The summed E-state index contributed by atoms with van der Waals surface area (Å²) in [6.45, 7) is 0.897. The maximum atomic E-state index is 12.6. The average Bonchev–Trinajstić information content (AvgIpc) is 2.46. The fraction of sp³-hybridized carbons (Fsp3) is 0.133. The maximum absolute atomic E-state index is 12.6. The minimum atomic E-state index is -0.283. The minimum absolute atomic E-state index is 0.283. The minimum Gasteiger partial charge on any atom is -0.486 e. The van der Waals surface area contributed by atoms with E-state index in [1.807, 2.05) is 0 Å². The summed E-state index contributed by atoms with van der Waals surface area (Å²) in [4.78, 5) is 12.6. The lowest BCUT2D eigenvalue weighted by atomic mass is 10.0. The smallest absolute Gasteiger partial charge is 0.196 e. The predicted molar refractivity (Wildman–Crippen MR) is 81.1 cm³/mol. The molecule has 5 nitrogen and oxygen atoms in total. The number of hydrogen-bond donors (Lipinski definition) is 2. The topological polar surface area (TPSA) is 87.6 Å². The van der Waals surface area contributed by atoms with Crippen LogP contribution in [0.15, 0.2) is 30.3 Å². The van der Waals surface area contributed by atoms with Crippen molar-refractivity contribution in [2.45, 2.75) is 0 Å². The molecule has 1 aliphatic rings. The van der Waals surface area contributed by atoms with Gasteiger partial charge in [-0.25, -0.2) is 0 Å². The average molecular weight is 305 g/mol. The molecule has 0 saturated carbocycles. The Labute approximate surface area is 126 Å². The number of fused-ring (bicyclic) bond motifs is 1. The summed E-state index contributed by atoms with van der Waals surface area (Å²) in [6.07, 6.45) is 0. The number of ether oxygens (including phenoxy) is 2. The second-order valence-corrected chi connectivity index (χ2v) is 5.06. The lowest BCUT2D eigenvalue weighted by Gasteiger charge is -2.19. The standard InChI is InChI=1S/C15H13ClN2O3/c16-11-7-14-13(20-3-4-21-14)6-10(11)15(19)9-2-1-8(17)5-12(9)18/h1-2,5-7H,3-4,17-18H2. The van der Waals surface area contributed by atoms with Crippen molar-refractivity contribution in [3.8, 4) is 11.5 Å². The zero-order chi connectivity index (χ0) is 15.0. The quantitative estimate of drug-likeness (QED) is 0.657. The normalized spacial score (nSPS) is 13.0. The van der Waals surface area contributed by atoms with Crippen LogP contribution in [0.2, 0.25) is 5.02 Å². The van der Waals surface area contributed by atoms with E-state index >= 15 is 0 Å². The predicted octanol–water partition coefficient (Wildman–Crippen LogP) is 2.51. The van der Waals surface area contributed by atoms with E-state index in [9.17, 15) is 4.79 Å². The van der Waals surface area contributed by atoms with Crippen LogP contribution in [-0.4, -0.2) is 19.0 Å². The van der Waals surface area contributed by atoms with Crippen molar-refractivity contribution in [3.05, 3.63) is 46.5 Å². The van der Waals surface area contributed by atoms with Crippen LogP contribution in [0, 0.1) is 0 Å². The number of nitrogen functional groups attached to an aromatic ring is 2. The first-order chi connectivity index (χ1) is 10.1. The highest BCUT2D eigenvalue weighted by Crippen LogP contribution is 2.36. The molecular formula is C15H13ClN2O3. The van der Waals surface area contributed by atoms with Crippen LogP contribution < -0.4 is 20.9 Å². The summed E-state index contributed by atoms with van der Waals surface area (Å²) in [6, 6.07) is 7.90. The van der Waals surface area contributed by atoms with Crippen LogP contribution in [0.25, 0.3) is 0 Å². The number of nitrogens with two attached hydrogens (primary N) is 2. The molecule has 4 N–H and O–H groups in total. The Hall–Kier alpha value is -2.40. The van der Waals surface area contributed by atoms with E-state index in [0.717, 1.165) is 0 Å². The zero-order valence-electron chi connectivity index (χ0n) is 11.1. The van der Waals surface area contributed by atoms with Crippen molar-refractivity contribution in [2.24, 2.45) is 0 Å². The molecule has 0 radical (unpaired) electrons. The van der Waals surface area contributed by atoms with Gasteiger partial charge in [0.1, 0.15) is 13.2 Å². The molecule has 1 heterocycles. The van der Waals surface area contributed by atoms with Gasteiger partial charge in [-0.3, -0.25) is 4.79 Å². The van der Waals surface area contributed by atoms with Gasteiger partial charge in [0.15, 0.2) is 17.3 Å². The number of rotatable bonds is 2. The third kappa shape index (κ3) is 2.48. The third-order valence-electron chi connectivity index (χ3n) is 3.20. The van der Waals surface area contributed by atoms with Gasteiger partial charge in [0, 0.05) is 28.6 Å². The van der Waals surface area contributed by atoms with E-state index in [1.165, 1.54) is 0 Å². The highest BCUT2D eigenvalue weighted by atomic mass is 35.5. The molecule has 21 heavy (non-hydrogen) atoms. The number of benzene rings is 2. The Morgan fingerprint density at radius 2 is 1.67 bits per heavy atom. The van der Waals surface area contributed by atoms with Crippen LogP contribution in [0.3, 0.4) is 0 Å². The SMILES string of the molecule is Nc1ccc(C(=O)c2cc3c(cc2Cl)OCCO3)c(N)c1. The number of hydrogen-bond acceptors (Lipinski definition) is 5. The number of ketones is 1. The van der Waals surface area contributed by atoms with Crippen molar-refractivity contribution >= 4 is 28.8 Å². The molecule has 0 atom stereocenters. The van der Waals surface area contributed by atoms with Gasteiger partial charge in [0.25, 0.3) is 0 Å². The molecule has 108 valence electrons. The van der Waals surface area contributed by atoms with Gasteiger partial charge in [-0.15, -0.1) is 0 Å². The van der Waals surface area contributed by atoms with Crippen molar-refractivity contribution in [1.82, 2.24) is 0 Å². The number of anilines is 2. The Morgan fingerprint density at radius 1 is 1.00 bits per heavy atom. The third-order valence-corrected chi connectivity index (χ3v) is 3.51. The maximum Gasteiger partial charge on any atom is 0.196 e. The molecule has 0 unspecified atom stereocenters. The van der Waals surface area contributed by atoms with Gasteiger partial charge in [0.2, 0.25) is 0 Å². The summed E-state index contributed by atoms with van der Waals surface area (Å²) in [5.74, 6) is 0.755. The molecule has 3 rings (SSSR count). The largest absolute Gasteiger partial charge is 0.486 e. The van der Waals surface area contributed by atoms with Gasteiger partial charge < -0.3 is 20.9 Å². The van der Waals surface area contributed by atoms with Crippen LogP contribution in [0.4, 0.5) is 11.4 Å². The molecule has 1 aliphatic heterocycles. The lowest BCUT2D eigenvalue weighted by Crippen LogP contribution is -2.16. The zero-order valence-corrected chi connectivity index (χ0v) is 11.8. The summed E-state index contributed by atoms with van der Waals surface area (Å²) < 4.78 is 10.9. The van der Waals surface area contributed by atoms with E-state index < -0.39 is 0 Å². The second kappa shape index (κ2) is 5.18. The summed E-state index contributed by atoms with van der Waals surface area (Å²) in [5.41, 5.74) is 13.0. The van der Waals surface area contributed by atoms with Gasteiger partial charge in [0.05, 0.1) is 5.02 Å². The fourth-order valence-electron chi connectivity index (χ4n) is 2.17. The molecule has 0 spiro atoms. The second-order valence-electron chi connectivity index (χ2n) is 4.65. The van der Waals surface area contributed by atoms with Crippen molar-refractivity contribution in [3.63, 3.8) is 0 Å². The van der Waals surface area contributed by atoms with Crippen LogP contribution >= 0.6 is 11.6 Å². The highest BCUT2D eigenvalue weighted by Gasteiger charge is 2.21. The van der Waals surface area contributed by atoms with Crippen molar-refractivity contribution in [1.29, 1.82) is 0 Å². The molecule has 0 aliphatic carbocycles. The molecule has 2 aromatic rings. The Balaban J connectivity index is 2.05. The Kier molecular flexibility index (Phi) is 3.35. The Morgan fingerprint density at radius 3 is 2.33 bits per heavy atom. The summed E-state index contributed by atoms with van der Waals surface area (Å²) in [7, 11) is 0.